The first-order valence-electron chi connectivity index (χ1n) is 6.12. The molecule has 1 saturated heterocycles. The van der Waals surface area contributed by atoms with Crippen LogP contribution in [0.5, 0.6) is 0 Å². The van der Waals surface area contributed by atoms with Crippen LogP contribution in [0.1, 0.15) is 29.6 Å². The molecule has 0 bridgehead atoms. The zero-order chi connectivity index (χ0) is 13.8. The average molecular weight is 327 g/mol. The lowest BCUT2D eigenvalue weighted by atomic mass is 10.1. The van der Waals surface area contributed by atoms with Crippen LogP contribution in [0.2, 0.25) is 0 Å². The third kappa shape index (κ3) is 3.78. The fourth-order valence-electron chi connectivity index (χ4n) is 2.16. The summed E-state index contributed by atoms with van der Waals surface area (Å²) in [5.74, 6) is -1.22. The van der Waals surface area contributed by atoms with Crippen molar-refractivity contribution in [3.63, 3.8) is 0 Å². The molecule has 1 fully saturated rings. The Bertz CT molecular complexity index is 499. The van der Waals surface area contributed by atoms with Gasteiger partial charge in [0, 0.05) is 16.9 Å². The summed E-state index contributed by atoms with van der Waals surface area (Å²) < 4.78 is 0.667. The highest BCUT2D eigenvalue weighted by atomic mass is 79.9. The molecule has 1 aliphatic heterocycles. The van der Waals surface area contributed by atoms with Crippen molar-refractivity contribution >= 4 is 33.5 Å². The van der Waals surface area contributed by atoms with E-state index >= 15 is 0 Å². The lowest BCUT2D eigenvalue weighted by Gasteiger charge is -2.12. The Morgan fingerprint density at radius 1 is 1.47 bits per heavy atom. The molecule has 1 heterocycles. The molecular weight excluding hydrogens is 312 g/mol. The van der Waals surface area contributed by atoms with Crippen molar-refractivity contribution in [2.75, 3.05) is 11.9 Å². The number of carboxylic acids is 1. The zero-order valence-corrected chi connectivity index (χ0v) is 11.9. The van der Waals surface area contributed by atoms with Gasteiger partial charge >= 0.3 is 5.97 Å². The van der Waals surface area contributed by atoms with Gasteiger partial charge in [-0.2, -0.15) is 0 Å². The van der Waals surface area contributed by atoms with Gasteiger partial charge in [0.05, 0.1) is 11.3 Å². The smallest absolute Gasteiger partial charge is 0.337 e. The molecule has 1 unspecified atom stereocenters. The van der Waals surface area contributed by atoms with Gasteiger partial charge in [-0.1, -0.05) is 15.9 Å². The van der Waals surface area contributed by atoms with Crippen molar-refractivity contribution in [3.8, 4) is 0 Å². The molecule has 5 nitrogen and oxygen atoms in total. The van der Waals surface area contributed by atoms with Crippen LogP contribution in [-0.4, -0.2) is 29.6 Å². The van der Waals surface area contributed by atoms with E-state index in [-0.39, 0.29) is 17.5 Å². The van der Waals surface area contributed by atoms with Crippen molar-refractivity contribution in [2.45, 2.75) is 25.3 Å². The van der Waals surface area contributed by atoms with Gasteiger partial charge in [-0.25, -0.2) is 4.79 Å². The molecule has 102 valence electrons. The SMILES string of the molecule is O=C(CC1CCCN1)Nc1ccc(Br)cc1C(=O)O. The van der Waals surface area contributed by atoms with Crippen molar-refractivity contribution in [2.24, 2.45) is 0 Å². The number of aromatic carboxylic acids is 1. The molecule has 1 aliphatic rings. The minimum absolute atomic E-state index is 0.0853. The Hall–Kier alpha value is -1.40. The third-order valence-electron chi connectivity index (χ3n) is 3.08. The van der Waals surface area contributed by atoms with E-state index in [1.807, 2.05) is 0 Å². The maximum absolute atomic E-state index is 11.9. The van der Waals surface area contributed by atoms with Gasteiger partial charge in [0.25, 0.3) is 0 Å². The van der Waals surface area contributed by atoms with E-state index in [2.05, 4.69) is 26.6 Å². The van der Waals surface area contributed by atoms with Gasteiger partial charge in [-0.3, -0.25) is 4.79 Å². The molecule has 0 spiro atoms. The van der Waals surface area contributed by atoms with Gasteiger partial charge in [0.1, 0.15) is 0 Å². The average Bonchev–Trinajstić information content (AvgIpc) is 2.83. The summed E-state index contributed by atoms with van der Waals surface area (Å²) in [5.41, 5.74) is 0.417. The highest BCUT2D eigenvalue weighted by Crippen LogP contribution is 2.21. The molecule has 0 aromatic heterocycles. The number of rotatable bonds is 4. The van der Waals surface area contributed by atoms with Crippen molar-refractivity contribution in [1.29, 1.82) is 0 Å². The summed E-state index contributed by atoms with van der Waals surface area (Å²) in [6.45, 7) is 0.941. The predicted molar refractivity (Wildman–Crippen MR) is 75.4 cm³/mol. The highest BCUT2D eigenvalue weighted by molar-refractivity contribution is 9.10. The third-order valence-corrected chi connectivity index (χ3v) is 3.57. The van der Waals surface area contributed by atoms with E-state index in [4.69, 9.17) is 5.11 Å². The van der Waals surface area contributed by atoms with Crippen LogP contribution in [0.3, 0.4) is 0 Å². The number of carbonyl (C=O) groups excluding carboxylic acids is 1. The Kier molecular flexibility index (Phi) is 4.55. The first-order valence-corrected chi connectivity index (χ1v) is 6.91. The van der Waals surface area contributed by atoms with Crippen LogP contribution in [0.25, 0.3) is 0 Å². The van der Waals surface area contributed by atoms with Crippen LogP contribution in [-0.2, 0) is 4.79 Å². The van der Waals surface area contributed by atoms with E-state index in [1.54, 1.807) is 12.1 Å². The standard InChI is InChI=1S/C13H15BrN2O3/c14-8-3-4-11(10(6-8)13(18)19)16-12(17)7-9-2-1-5-15-9/h3-4,6,9,15H,1-2,5,7H2,(H,16,17)(H,18,19). The van der Waals surface area contributed by atoms with Crippen LogP contribution >= 0.6 is 15.9 Å². The summed E-state index contributed by atoms with van der Waals surface area (Å²) in [5, 5.41) is 15.0. The Morgan fingerprint density at radius 2 is 2.26 bits per heavy atom. The van der Waals surface area contributed by atoms with Gasteiger partial charge < -0.3 is 15.7 Å². The molecule has 3 N–H and O–H groups in total. The zero-order valence-electron chi connectivity index (χ0n) is 10.3. The van der Waals surface area contributed by atoms with Gasteiger partial charge in [-0.15, -0.1) is 0 Å². The number of carboxylic acid groups (broad SMARTS) is 1. The molecule has 19 heavy (non-hydrogen) atoms. The van der Waals surface area contributed by atoms with Gasteiger partial charge in [0.15, 0.2) is 0 Å². The second kappa shape index (κ2) is 6.16. The van der Waals surface area contributed by atoms with Crippen molar-refractivity contribution in [1.82, 2.24) is 5.32 Å². The topological polar surface area (TPSA) is 78.4 Å². The highest BCUT2D eigenvalue weighted by Gasteiger charge is 2.19. The van der Waals surface area contributed by atoms with Crippen molar-refractivity contribution in [3.05, 3.63) is 28.2 Å². The Balaban J connectivity index is 2.05. The second-order valence-electron chi connectivity index (χ2n) is 4.54. The van der Waals surface area contributed by atoms with Crippen molar-refractivity contribution < 1.29 is 14.7 Å². The van der Waals surface area contributed by atoms with Gasteiger partial charge in [0.2, 0.25) is 5.91 Å². The summed E-state index contributed by atoms with van der Waals surface area (Å²) in [4.78, 5) is 23.0. The lowest BCUT2D eigenvalue weighted by molar-refractivity contribution is -0.116. The quantitative estimate of drug-likeness (QED) is 0.792. The Morgan fingerprint density at radius 3 is 2.89 bits per heavy atom. The van der Waals surface area contributed by atoms with Crippen LogP contribution in [0.15, 0.2) is 22.7 Å². The molecule has 1 aromatic carbocycles. The molecule has 0 aliphatic carbocycles. The minimum Gasteiger partial charge on any atom is -0.478 e. The van der Waals surface area contributed by atoms with Crippen LogP contribution < -0.4 is 10.6 Å². The largest absolute Gasteiger partial charge is 0.478 e. The number of hydrogen-bond acceptors (Lipinski definition) is 3. The summed E-state index contributed by atoms with van der Waals surface area (Å²) in [6.07, 6.45) is 2.44. The van der Waals surface area contributed by atoms with Crippen LogP contribution in [0, 0.1) is 0 Å². The molecule has 0 saturated carbocycles. The Labute approximate surface area is 119 Å². The number of carbonyl (C=O) groups is 2. The van der Waals surface area contributed by atoms with E-state index < -0.39 is 5.97 Å². The van der Waals surface area contributed by atoms with E-state index in [0.717, 1.165) is 19.4 Å². The fourth-order valence-corrected chi connectivity index (χ4v) is 2.52. The predicted octanol–water partition coefficient (Wildman–Crippen LogP) is 2.23. The van der Waals surface area contributed by atoms with Crippen LogP contribution in [0.4, 0.5) is 5.69 Å². The van der Waals surface area contributed by atoms with E-state index in [9.17, 15) is 9.59 Å². The molecule has 1 amide bonds. The molecular formula is C13H15BrN2O3. The summed E-state index contributed by atoms with van der Waals surface area (Å²) in [7, 11) is 0. The number of nitrogens with one attached hydrogen (secondary N) is 2. The maximum atomic E-state index is 11.9. The summed E-state index contributed by atoms with van der Waals surface area (Å²) >= 11 is 3.22. The summed E-state index contributed by atoms with van der Waals surface area (Å²) in [6, 6.07) is 4.97. The minimum atomic E-state index is -1.06. The number of amides is 1. The molecule has 0 radical (unpaired) electrons. The van der Waals surface area contributed by atoms with E-state index in [1.165, 1.54) is 6.07 Å². The number of benzene rings is 1. The lowest BCUT2D eigenvalue weighted by Crippen LogP contribution is -2.27. The van der Waals surface area contributed by atoms with Gasteiger partial charge in [-0.05, 0) is 37.6 Å². The monoisotopic (exact) mass is 326 g/mol. The molecule has 6 heteroatoms. The number of halogens is 1. The maximum Gasteiger partial charge on any atom is 0.337 e. The second-order valence-corrected chi connectivity index (χ2v) is 5.46. The number of hydrogen-bond donors (Lipinski definition) is 3. The molecule has 1 atom stereocenters. The normalized spacial score (nSPS) is 18.3. The molecule has 1 aromatic rings. The first kappa shape index (κ1) is 14.0. The van der Waals surface area contributed by atoms with E-state index in [0.29, 0.717) is 16.6 Å². The fraction of sp³-hybridized carbons (Fsp3) is 0.385. The number of anilines is 1. The molecule has 2 rings (SSSR count). The first-order chi connectivity index (χ1) is 9.06.